The quantitative estimate of drug-likeness (QED) is 0.709. The first-order chi connectivity index (χ1) is 8.82. The Balaban J connectivity index is 3.09. The molecule has 108 valence electrons. The minimum atomic E-state index is -3.49. The average Bonchev–Trinajstić information content (AvgIpc) is 2.36. The summed E-state index contributed by atoms with van der Waals surface area (Å²) in [6.07, 6.45) is 0.753. The molecular formula is C13H23N3O2S. The summed E-state index contributed by atoms with van der Waals surface area (Å²) >= 11 is 0. The van der Waals surface area contributed by atoms with E-state index in [1.54, 1.807) is 24.3 Å². The molecule has 0 unspecified atom stereocenters. The third-order valence-corrected chi connectivity index (χ3v) is 4.22. The molecule has 0 aliphatic carbocycles. The Bertz CT molecular complexity index is 512. The Hall–Kier alpha value is -1.11. The second-order valence-corrected chi connectivity index (χ2v) is 6.84. The van der Waals surface area contributed by atoms with Crippen LogP contribution in [0.1, 0.15) is 27.2 Å². The van der Waals surface area contributed by atoms with Gasteiger partial charge in [-0.1, -0.05) is 19.1 Å². The number of rotatable bonds is 7. The lowest BCUT2D eigenvalue weighted by Crippen LogP contribution is -2.39. The van der Waals surface area contributed by atoms with E-state index >= 15 is 0 Å². The Labute approximate surface area is 115 Å². The minimum absolute atomic E-state index is 0.255. The lowest BCUT2D eigenvalue weighted by atomic mass is 10.1. The highest BCUT2D eigenvalue weighted by molar-refractivity contribution is 7.89. The summed E-state index contributed by atoms with van der Waals surface area (Å²) in [5.74, 6) is 0. The van der Waals surface area contributed by atoms with E-state index in [0.717, 1.165) is 6.42 Å². The lowest BCUT2D eigenvalue weighted by molar-refractivity contribution is 0.571. The van der Waals surface area contributed by atoms with Crippen LogP contribution in [0.3, 0.4) is 0 Å². The van der Waals surface area contributed by atoms with Gasteiger partial charge in [0.1, 0.15) is 4.90 Å². The van der Waals surface area contributed by atoms with E-state index in [0.29, 0.717) is 18.8 Å². The minimum Gasteiger partial charge on any atom is -0.378 e. The molecule has 0 spiro atoms. The fraction of sp³-hybridized carbons (Fsp3) is 0.538. The van der Waals surface area contributed by atoms with Crippen LogP contribution in [-0.4, -0.2) is 27.0 Å². The van der Waals surface area contributed by atoms with E-state index in [1.165, 1.54) is 0 Å². The van der Waals surface area contributed by atoms with Crippen molar-refractivity contribution in [1.82, 2.24) is 4.72 Å². The Kier molecular flexibility index (Phi) is 5.34. The van der Waals surface area contributed by atoms with Crippen molar-refractivity contribution in [3.63, 3.8) is 0 Å². The van der Waals surface area contributed by atoms with E-state index in [-0.39, 0.29) is 10.4 Å². The molecule has 0 aromatic heterocycles. The van der Waals surface area contributed by atoms with Crippen molar-refractivity contribution >= 4 is 15.7 Å². The van der Waals surface area contributed by atoms with E-state index in [1.807, 2.05) is 20.8 Å². The van der Waals surface area contributed by atoms with Gasteiger partial charge in [0, 0.05) is 18.6 Å². The van der Waals surface area contributed by atoms with Crippen LogP contribution >= 0.6 is 0 Å². The number of anilines is 1. The molecule has 4 N–H and O–H groups in total. The van der Waals surface area contributed by atoms with Crippen molar-refractivity contribution in [1.29, 1.82) is 0 Å². The summed E-state index contributed by atoms with van der Waals surface area (Å²) in [5, 5.41) is 3.17. The van der Waals surface area contributed by atoms with Gasteiger partial charge >= 0.3 is 0 Å². The molecule has 0 fully saturated rings. The first kappa shape index (κ1) is 15.9. The van der Waals surface area contributed by atoms with Crippen LogP contribution < -0.4 is 15.8 Å². The normalized spacial score (nSPS) is 12.4. The number of hydrogen-bond donors (Lipinski definition) is 3. The summed E-state index contributed by atoms with van der Waals surface area (Å²) in [4.78, 5) is 0.255. The van der Waals surface area contributed by atoms with Gasteiger partial charge in [-0.05, 0) is 32.4 Å². The van der Waals surface area contributed by atoms with Gasteiger partial charge in [0.2, 0.25) is 10.0 Å². The summed E-state index contributed by atoms with van der Waals surface area (Å²) in [7, 11) is -3.49. The highest BCUT2D eigenvalue weighted by Gasteiger charge is 2.22. The highest BCUT2D eigenvalue weighted by Crippen LogP contribution is 2.23. The molecule has 0 saturated heterocycles. The fourth-order valence-corrected chi connectivity index (χ4v) is 2.83. The molecule has 5 nitrogen and oxygen atoms in total. The number of nitrogens with one attached hydrogen (secondary N) is 2. The van der Waals surface area contributed by atoms with Crippen LogP contribution in [0.2, 0.25) is 0 Å². The molecule has 19 heavy (non-hydrogen) atoms. The number of sulfonamides is 1. The summed E-state index contributed by atoms with van der Waals surface area (Å²) < 4.78 is 27.0. The van der Waals surface area contributed by atoms with E-state index in [4.69, 9.17) is 5.73 Å². The van der Waals surface area contributed by atoms with Gasteiger partial charge in [0.15, 0.2) is 0 Å². The third-order valence-electron chi connectivity index (χ3n) is 2.70. The maximum absolute atomic E-state index is 12.2. The number of nitrogens with two attached hydrogens (primary N) is 1. The van der Waals surface area contributed by atoms with E-state index < -0.39 is 10.0 Å². The topological polar surface area (TPSA) is 84.2 Å². The van der Waals surface area contributed by atoms with Gasteiger partial charge < -0.3 is 11.1 Å². The highest BCUT2D eigenvalue weighted by atomic mass is 32.2. The van der Waals surface area contributed by atoms with Crippen molar-refractivity contribution in [3.8, 4) is 0 Å². The summed E-state index contributed by atoms with van der Waals surface area (Å²) in [6.45, 7) is 6.61. The molecule has 0 amide bonds. The van der Waals surface area contributed by atoms with Crippen molar-refractivity contribution in [3.05, 3.63) is 24.3 Å². The molecule has 1 aromatic carbocycles. The molecule has 1 rings (SSSR count). The second-order valence-electron chi connectivity index (χ2n) is 5.11. The first-order valence-corrected chi connectivity index (χ1v) is 7.87. The molecule has 0 aliphatic heterocycles. The van der Waals surface area contributed by atoms with Gasteiger partial charge in [0.05, 0.1) is 5.69 Å². The van der Waals surface area contributed by atoms with Gasteiger partial charge in [0.25, 0.3) is 0 Å². The van der Waals surface area contributed by atoms with E-state index in [2.05, 4.69) is 10.0 Å². The van der Waals surface area contributed by atoms with Gasteiger partial charge in [-0.3, -0.25) is 0 Å². The molecule has 6 heteroatoms. The van der Waals surface area contributed by atoms with Crippen LogP contribution in [-0.2, 0) is 10.0 Å². The molecule has 0 atom stereocenters. The average molecular weight is 285 g/mol. The number of benzene rings is 1. The van der Waals surface area contributed by atoms with Crippen molar-refractivity contribution < 1.29 is 8.42 Å². The third kappa shape index (κ3) is 4.49. The predicted octanol–water partition coefficient (Wildman–Crippen LogP) is 1.52. The van der Waals surface area contributed by atoms with Crippen LogP contribution in [0.5, 0.6) is 0 Å². The maximum atomic E-state index is 12.2. The lowest BCUT2D eigenvalue weighted by Gasteiger charge is -2.27. The zero-order valence-electron chi connectivity index (χ0n) is 11.7. The fourth-order valence-electron chi connectivity index (χ4n) is 1.53. The van der Waals surface area contributed by atoms with Crippen molar-refractivity contribution in [2.75, 3.05) is 18.4 Å². The van der Waals surface area contributed by atoms with Crippen LogP contribution in [0.25, 0.3) is 0 Å². The Morgan fingerprint density at radius 2 is 1.89 bits per heavy atom. The maximum Gasteiger partial charge on any atom is 0.242 e. The van der Waals surface area contributed by atoms with Gasteiger partial charge in [-0.2, -0.15) is 0 Å². The predicted molar refractivity (Wildman–Crippen MR) is 78.7 cm³/mol. The standard InChI is InChI=1S/C13H23N3O2S/c1-4-9-15-19(17,18)12-8-6-5-7-11(12)16-13(2,3)10-14/h5-8,15-16H,4,9-10,14H2,1-3H3. The molecule has 0 aliphatic rings. The van der Waals surface area contributed by atoms with Crippen LogP contribution in [0, 0.1) is 0 Å². The first-order valence-electron chi connectivity index (χ1n) is 6.39. The smallest absolute Gasteiger partial charge is 0.242 e. The number of hydrogen-bond acceptors (Lipinski definition) is 4. The largest absolute Gasteiger partial charge is 0.378 e. The zero-order chi connectivity index (χ0) is 14.5. The summed E-state index contributed by atoms with van der Waals surface area (Å²) in [6, 6.07) is 6.85. The summed E-state index contributed by atoms with van der Waals surface area (Å²) in [5.41, 5.74) is 5.87. The zero-order valence-corrected chi connectivity index (χ0v) is 12.5. The number of para-hydroxylation sites is 1. The molecule has 0 radical (unpaired) electrons. The molecule has 0 heterocycles. The monoisotopic (exact) mass is 285 g/mol. The van der Waals surface area contributed by atoms with Crippen LogP contribution in [0.4, 0.5) is 5.69 Å². The molecule has 0 bridgehead atoms. The second kappa shape index (κ2) is 6.36. The van der Waals surface area contributed by atoms with Gasteiger partial charge in [-0.25, -0.2) is 13.1 Å². The van der Waals surface area contributed by atoms with E-state index in [9.17, 15) is 8.42 Å². The molecule has 0 saturated carbocycles. The van der Waals surface area contributed by atoms with Crippen molar-refractivity contribution in [2.24, 2.45) is 5.73 Å². The molecule has 1 aromatic rings. The van der Waals surface area contributed by atoms with Crippen LogP contribution in [0.15, 0.2) is 29.2 Å². The SMILES string of the molecule is CCCNS(=O)(=O)c1ccccc1NC(C)(C)CN. The van der Waals surface area contributed by atoms with Crippen molar-refractivity contribution in [2.45, 2.75) is 37.6 Å². The molecular weight excluding hydrogens is 262 g/mol. The van der Waals surface area contributed by atoms with Gasteiger partial charge in [-0.15, -0.1) is 0 Å². The Morgan fingerprint density at radius 1 is 1.26 bits per heavy atom. The Morgan fingerprint density at radius 3 is 2.47 bits per heavy atom.